The molecule has 2 aromatic rings. The van der Waals surface area contributed by atoms with Crippen molar-refractivity contribution in [3.63, 3.8) is 0 Å². The lowest BCUT2D eigenvalue weighted by molar-refractivity contribution is -0.122. The Hall–Kier alpha value is -2.48. The summed E-state index contributed by atoms with van der Waals surface area (Å²) in [6.45, 7) is 3.16. The molecule has 0 saturated heterocycles. The van der Waals surface area contributed by atoms with Gasteiger partial charge in [-0.25, -0.2) is 4.98 Å². The number of aromatic amines is 1. The number of fused-ring (bicyclic) bond motifs is 1. The first kappa shape index (κ1) is 19.8. The minimum atomic E-state index is -0.0894. The van der Waals surface area contributed by atoms with Gasteiger partial charge >= 0.3 is 0 Å². The van der Waals surface area contributed by atoms with Gasteiger partial charge in [0.25, 0.3) is 0 Å². The molecule has 1 heterocycles. The van der Waals surface area contributed by atoms with Gasteiger partial charge in [0.2, 0.25) is 11.8 Å². The van der Waals surface area contributed by atoms with Gasteiger partial charge in [0.1, 0.15) is 5.82 Å². The maximum absolute atomic E-state index is 11.7. The van der Waals surface area contributed by atoms with Crippen molar-refractivity contribution in [3.8, 4) is 0 Å². The monoisotopic (exact) mass is 375 g/mol. The Morgan fingerprint density at radius 2 is 1.85 bits per heavy atom. The largest absolute Gasteiger partial charge is 0.369 e. The van der Waals surface area contributed by atoms with Crippen molar-refractivity contribution in [2.24, 2.45) is 0 Å². The summed E-state index contributed by atoms with van der Waals surface area (Å²) >= 11 is 5.16. The van der Waals surface area contributed by atoms with Crippen molar-refractivity contribution in [1.29, 1.82) is 0 Å². The zero-order chi connectivity index (χ0) is 18.8. The molecule has 140 valence electrons. The molecule has 0 radical (unpaired) electrons. The van der Waals surface area contributed by atoms with Crippen LogP contribution in [0.3, 0.4) is 0 Å². The van der Waals surface area contributed by atoms with E-state index in [-0.39, 0.29) is 11.8 Å². The molecule has 7 nitrogen and oxygen atoms in total. The van der Waals surface area contributed by atoms with Crippen molar-refractivity contribution in [2.75, 3.05) is 25.0 Å². The molecule has 1 aromatic heterocycles. The van der Waals surface area contributed by atoms with E-state index in [1.807, 2.05) is 24.3 Å². The third kappa shape index (κ3) is 6.79. The van der Waals surface area contributed by atoms with Crippen molar-refractivity contribution in [1.82, 2.24) is 20.6 Å². The minimum Gasteiger partial charge on any atom is -0.369 e. The Kier molecular flexibility index (Phi) is 8.01. The first-order valence-corrected chi connectivity index (χ1v) is 9.21. The summed E-state index contributed by atoms with van der Waals surface area (Å²) in [5.41, 5.74) is 0.964. The van der Waals surface area contributed by atoms with Crippen LogP contribution in [0.1, 0.15) is 32.6 Å². The number of H-pyrrole nitrogens is 1. The van der Waals surface area contributed by atoms with Crippen LogP contribution in [0.25, 0.3) is 10.9 Å². The van der Waals surface area contributed by atoms with Crippen LogP contribution in [0.2, 0.25) is 0 Å². The second-order valence-electron chi connectivity index (χ2n) is 6.01. The minimum absolute atomic E-state index is 0.0188. The standard InChI is InChI=1S/C18H25N5O2S/c1-13(24)19-11-12-20-16(25)9-3-2-6-10-21-17-14-7-4-5-8-15(14)22-18(26)23-17/h4-5,7-8H,2-3,6,9-12H2,1H3,(H,19,24)(H,20,25)(H2,21,22,23,26). The number of unbranched alkanes of at least 4 members (excludes halogenated alkanes) is 2. The van der Waals surface area contributed by atoms with Crippen LogP contribution in [-0.2, 0) is 9.59 Å². The van der Waals surface area contributed by atoms with Crippen molar-refractivity contribution < 1.29 is 9.59 Å². The molecule has 0 unspecified atom stereocenters. The van der Waals surface area contributed by atoms with E-state index < -0.39 is 0 Å². The average molecular weight is 375 g/mol. The van der Waals surface area contributed by atoms with E-state index in [1.165, 1.54) is 6.92 Å². The second kappa shape index (κ2) is 10.5. The van der Waals surface area contributed by atoms with Gasteiger partial charge in [-0.3, -0.25) is 9.59 Å². The highest BCUT2D eigenvalue weighted by atomic mass is 32.1. The number of hydrogen-bond donors (Lipinski definition) is 4. The summed E-state index contributed by atoms with van der Waals surface area (Å²) in [6.07, 6.45) is 3.22. The smallest absolute Gasteiger partial charge is 0.220 e. The summed E-state index contributed by atoms with van der Waals surface area (Å²) in [5.74, 6) is 0.721. The van der Waals surface area contributed by atoms with Crippen molar-refractivity contribution >= 4 is 40.8 Å². The van der Waals surface area contributed by atoms with Gasteiger partial charge in [0.15, 0.2) is 4.77 Å². The fourth-order valence-corrected chi connectivity index (χ4v) is 2.76. The number of anilines is 1. The molecule has 0 fully saturated rings. The maximum atomic E-state index is 11.7. The molecule has 0 aliphatic heterocycles. The molecule has 0 saturated carbocycles. The highest BCUT2D eigenvalue weighted by Crippen LogP contribution is 2.19. The van der Waals surface area contributed by atoms with E-state index in [4.69, 9.17) is 12.2 Å². The third-order valence-corrected chi connectivity index (χ3v) is 4.02. The van der Waals surface area contributed by atoms with E-state index in [1.54, 1.807) is 0 Å². The summed E-state index contributed by atoms with van der Waals surface area (Å²) in [5, 5.41) is 9.77. The fourth-order valence-electron chi connectivity index (χ4n) is 2.56. The zero-order valence-corrected chi connectivity index (χ0v) is 15.7. The fraction of sp³-hybridized carbons (Fsp3) is 0.444. The highest BCUT2D eigenvalue weighted by molar-refractivity contribution is 7.71. The predicted molar refractivity (Wildman–Crippen MR) is 106 cm³/mol. The number of carbonyl (C=O) groups excluding carboxylic acids is 2. The number of amides is 2. The topological polar surface area (TPSA) is 98.9 Å². The summed E-state index contributed by atoms with van der Waals surface area (Å²) in [6, 6.07) is 7.90. The molecule has 26 heavy (non-hydrogen) atoms. The zero-order valence-electron chi connectivity index (χ0n) is 14.9. The van der Waals surface area contributed by atoms with Crippen molar-refractivity contribution in [2.45, 2.75) is 32.6 Å². The molecule has 0 atom stereocenters. The number of nitrogens with one attached hydrogen (secondary N) is 4. The number of carbonyl (C=O) groups is 2. The van der Waals surface area contributed by atoms with Gasteiger partial charge in [-0.15, -0.1) is 0 Å². The molecule has 2 rings (SSSR count). The molecule has 0 aliphatic carbocycles. The Labute approximate surface area is 158 Å². The van der Waals surface area contributed by atoms with Crippen LogP contribution >= 0.6 is 12.2 Å². The van der Waals surface area contributed by atoms with Crippen LogP contribution in [0, 0.1) is 4.77 Å². The number of hydrogen-bond acceptors (Lipinski definition) is 5. The van der Waals surface area contributed by atoms with Gasteiger partial charge in [-0.2, -0.15) is 0 Å². The summed E-state index contributed by atoms with van der Waals surface area (Å²) in [7, 11) is 0. The molecule has 4 N–H and O–H groups in total. The van der Waals surface area contributed by atoms with Crippen LogP contribution < -0.4 is 16.0 Å². The SMILES string of the molecule is CC(=O)NCCNC(=O)CCCCCNc1nc(=S)[nH]c2ccccc12. The lowest BCUT2D eigenvalue weighted by atomic mass is 10.2. The van der Waals surface area contributed by atoms with E-state index in [0.717, 1.165) is 42.5 Å². The van der Waals surface area contributed by atoms with E-state index >= 15 is 0 Å². The van der Waals surface area contributed by atoms with Crippen LogP contribution in [0.5, 0.6) is 0 Å². The van der Waals surface area contributed by atoms with E-state index in [2.05, 4.69) is 25.9 Å². The quantitative estimate of drug-likeness (QED) is 0.378. The first-order valence-electron chi connectivity index (χ1n) is 8.80. The van der Waals surface area contributed by atoms with Gasteiger partial charge in [0, 0.05) is 38.4 Å². The van der Waals surface area contributed by atoms with Crippen molar-refractivity contribution in [3.05, 3.63) is 29.0 Å². The van der Waals surface area contributed by atoms with Gasteiger partial charge in [-0.05, 0) is 37.2 Å². The van der Waals surface area contributed by atoms with Crippen LogP contribution in [0.15, 0.2) is 24.3 Å². The first-order chi connectivity index (χ1) is 12.6. The second-order valence-corrected chi connectivity index (χ2v) is 6.39. The Bertz CT molecular complexity index is 806. The molecule has 0 bridgehead atoms. The predicted octanol–water partition coefficient (Wildman–Crippen LogP) is 2.52. The number of nitrogens with zero attached hydrogens (tertiary/aromatic N) is 1. The third-order valence-electron chi connectivity index (χ3n) is 3.83. The maximum Gasteiger partial charge on any atom is 0.220 e. The molecule has 2 amide bonds. The molecule has 8 heteroatoms. The number of para-hydroxylation sites is 1. The average Bonchev–Trinajstić information content (AvgIpc) is 2.61. The van der Waals surface area contributed by atoms with Crippen LogP contribution in [0.4, 0.5) is 5.82 Å². The normalized spacial score (nSPS) is 10.5. The Morgan fingerprint density at radius 3 is 2.65 bits per heavy atom. The Morgan fingerprint density at radius 1 is 1.08 bits per heavy atom. The molecule has 0 aliphatic rings. The molecular weight excluding hydrogens is 350 g/mol. The van der Waals surface area contributed by atoms with Gasteiger partial charge in [0.05, 0.1) is 5.52 Å². The number of aromatic nitrogens is 2. The van der Waals surface area contributed by atoms with Crippen LogP contribution in [-0.4, -0.2) is 41.4 Å². The summed E-state index contributed by atoms with van der Waals surface area (Å²) in [4.78, 5) is 29.8. The lowest BCUT2D eigenvalue weighted by Gasteiger charge is -2.09. The molecular formula is C18H25N5O2S. The lowest BCUT2D eigenvalue weighted by Crippen LogP contribution is -2.33. The molecule has 1 aromatic carbocycles. The molecule has 0 spiro atoms. The number of rotatable bonds is 10. The van der Waals surface area contributed by atoms with Gasteiger partial charge in [-0.1, -0.05) is 18.6 Å². The van der Waals surface area contributed by atoms with E-state index in [9.17, 15) is 9.59 Å². The highest BCUT2D eigenvalue weighted by Gasteiger charge is 2.03. The van der Waals surface area contributed by atoms with E-state index in [0.29, 0.717) is 24.3 Å². The number of benzene rings is 1. The summed E-state index contributed by atoms with van der Waals surface area (Å²) < 4.78 is 0.460. The Balaban J connectivity index is 1.63. The van der Waals surface area contributed by atoms with Gasteiger partial charge < -0.3 is 20.9 Å².